The number of carbonyl (C=O) groups excluding carboxylic acids is 2. The maximum Gasteiger partial charge on any atom is 0.282 e. The van der Waals surface area contributed by atoms with E-state index in [1.807, 2.05) is 56.3 Å². The SMILES string of the molecule is Cc1cccc(N2C(=O)C(c3ccc([N+](=O)[O-])cc3)=C(N(C)Cc3ccccc3)C2=O)c1C. The highest BCUT2D eigenvalue weighted by atomic mass is 16.6. The topological polar surface area (TPSA) is 83.8 Å². The number of anilines is 1. The number of aryl methyl sites for hydroxylation is 1. The molecule has 3 aromatic carbocycles. The van der Waals surface area contributed by atoms with Crippen molar-refractivity contribution in [2.75, 3.05) is 11.9 Å². The summed E-state index contributed by atoms with van der Waals surface area (Å²) in [7, 11) is 1.77. The van der Waals surface area contributed by atoms with Gasteiger partial charge >= 0.3 is 0 Å². The third-order valence-electron chi connectivity index (χ3n) is 5.89. The molecule has 1 aliphatic heterocycles. The molecule has 0 N–H and O–H groups in total. The van der Waals surface area contributed by atoms with Gasteiger partial charge in [0.2, 0.25) is 0 Å². The summed E-state index contributed by atoms with van der Waals surface area (Å²) in [5.41, 5.74) is 4.20. The molecule has 0 bridgehead atoms. The first kappa shape index (κ1) is 22.0. The molecule has 2 amide bonds. The lowest BCUT2D eigenvalue weighted by atomic mass is 10.0. The van der Waals surface area contributed by atoms with Crippen LogP contribution in [-0.2, 0) is 16.1 Å². The summed E-state index contributed by atoms with van der Waals surface area (Å²) in [5, 5.41) is 11.1. The van der Waals surface area contributed by atoms with Crippen LogP contribution in [0, 0.1) is 24.0 Å². The lowest BCUT2D eigenvalue weighted by Gasteiger charge is -2.22. The normalized spacial score (nSPS) is 13.6. The number of rotatable bonds is 6. The Bertz CT molecular complexity index is 1280. The van der Waals surface area contributed by atoms with E-state index in [0.717, 1.165) is 16.7 Å². The Hall–Kier alpha value is -4.26. The number of benzene rings is 3. The number of amides is 2. The predicted octanol–water partition coefficient (Wildman–Crippen LogP) is 4.63. The van der Waals surface area contributed by atoms with E-state index in [1.54, 1.807) is 18.0 Å². The fraction of sp³-hybridized carbons (Fsp3) is 0.154. The van der Waals surface area contributed by atoms with Crippen LogP contribution < -0.4 is 4.90 Å². The minimum Gasteiger partial charge on any atom is -0.365 e. The van der Waals surface area contributed by atoms with Crippen molar-refractivity contribution in [2.45, 2.75) is 20.4 Å². The molecular weight excluding hydrogens is 418 g/mol. The van der Waals surface area contributed by atoms with E-state index in [0.29, 0.717) is 17.8 Å². The second-order valence-corrected chi connectivity index (χ2v) is 8.03. The number of hydrogen-bond acceptors (Lipinski definition) is 5. The summed E-state index contributed by atoms with van der Waals surface area (Å²) in [5.74, 6) is -0.863. The molecule has 33 heavy (non-hydrogen) atoms. The van der Waals surface area contributed by atoms with Crippen LogP contribution in [0.1, 0.15) is 22.3 Å². The highest BCUT2D eigenvalue weighted by Crippen LogP contribution is 2.37. The first-order valence-electron chi connectivity index (χ1n) is 10.5. The molecule has 0 atom stereocenters. The third-order valence-corrected chi connectivity index (χ3v) is 5.89. The van der Waals surface area contributed by atoms with Gasteiger partial charge in [-0.15, -0.1) is 0 Å². The van der Waals surface area contributed by atoms with Gasteiger partial charge in [0.05, 0.1) is 16.2 Å². The van der Waals surface area contributed by atoms with Crippen LogP contribution in [0.4, 0.5) is 11.4 Å². The average molecular weight is 441 g/mol. The van der Waals surface area contributed by atoms with E-state index in [2.05, 4.69) is 0 Å². The molecule has 0 saturated carbocycles. The number of non-ortho nitro benzene ring substituents is 1. The van der Waals surface area contributed by atoms with E-state index in [9.17, 15) is 19.7 Å². The summed E-state index contributed by atoms with van der Waals surface area (Å²) in [4.78, 5) is 40.9. The predicted molar refractivity (Wildman–Crippen MR) is 126 cm³/mol. The van der Waals surface area contributed by atoms with Crippen molar-refractivity contribution in [3.05, 3.63) is 111 Å². The van der Waals surface area contributed by atoms with Crippen molar-refractivity contribution < 1.29 is 14.5 Å². The van der Waals surface area contributed by atoms with Crippen molar-refractivity contribution in [1.29, 1.82) is 0 Å². The number of carbonyl (C=O) groups is 2. The minimum atomic E-state index is -0.495. The molecular formula is C26H23N3O4. The number of hydrogen-bond donors (Lipinski definition) is 0. The van der Waals surface area contributed by atoms with Gasteiger partial charge in [0.25, 0.3) is 17.5 Å². The molecule has 3 aromatic rings. The average Bonchev–Trinajstić information content (AvgIpc) is 3.06. The zero-order valence-corrected chi connectivity index (χ0v) is 18.6. The molecule has 4 rings (SSSR count). The van der Waals surface area contributed by atoms with Gasteiger partial charge in [0, 0.05) is 25.7 Å². The maximum absolute atomic E-state index is 13.7. The fourth-order valence-corrected chi connectivity index (χ4v) is 4.02. The molecule has 166 valence electrons. The third kappa shape index (κ3) is 4.01. The Balaban J connectivity index is 1.83. The summed E-state index contributed by atoms with van der Waals surface area (Å²) in [6, 6.07) is 20.9. The Morgan fingerprint density at radius 1 is 0.879 bits per heavy atom. The summed E-state index contributed by atoms with van der Waals surface area (Å²) < 4.78 is 0. The zero-order chi connectivity index (χ0) is 23.7. The van der Waals surface area contributed by atoms with Gasteiger partial charge in [-0.3, -0.25) is 19.7 Å². The quantitative estimate of drug-likeness (QED) is 0.316. The van der Waals surface area contributed by atoms with Crippen LogP contribution in [0.3, 0.4) is 0 Å². The van der Waals surface area contributed by atoms with Gasteiger partial charge < -0.3 is 4.90 Å². The lowest BCUT2D eigenvalue weighted by Crippen LogP contribution is -2.34. The van der Waals surface area contributed by atoms with Gasteiger partial charge in [-0.05, 0) is 54.3 Å². The van der Waals surface area contributed by atoms with Crippen LogP contribution in [-0.4, -0.2) is 28.7 Å². The molecule has 0 saturated heterocycles. The van der Waals surface area contributed by atoms with Crippen LogP contribution in [0.15, 0.2) is 78.5 Å². The van der Waals surface area contributed by atoms with Crippen molar-refractivity contribution in [3.63, 3.8) is 0 Å². The standard InChI is InChI=1S/C26H23N3O4/c1-17-8-7-11-22(18(17)2)28-25(30)23(20-12-14-21(15-13-20)29(32)33)24(26(28)31)27(3)16-19-9-5-4-6-10-19/h4-15H,16H2,1-3H3. The largest absolute Gasteiger partial charge is 0.365 e. The Morgan fingerprint density at radius 2 is 1.55 bits per heavy atom. The summed E-state index contributed by atoms with van der Waals surface area (Å²) in [6.07, 6.45) is 0. The highest BCUT2D eigenvalue weighted by molar-refractivity contribution is 6.45. The molecule has 0 fully saturated rings. The van der Waals surface area contributed by atoms with Gasteiger partial charge in [-0.1, -0.05) is 42.5 Å². The van der Waals surface area contributed by atoms with E-state index in [4.69, 9.17) is 0 Å². The monoisotopic (exact) mass is 441 g/mol. The molecule has 0 radical (unpaired) electrons. The minimum absolute atomic E-state index is 0.0818. The Labute approximate surface area is 191 Å². The lowest BCUT2D eigenvalue weighted by molar-refractivity contribution is -0.384. The van der Waals surface area contributed by atoms with Crippen molar-refractivity contribution in [2.24, 2.45) is 0 Å². The van der Waals surface area contributed by atoms with Crippen LogP contribution in [0.25, 0.3) is 5.57 Å². The Morgan fingerprint density at radius 3 is 2.18 bits per heavy atom. The molecule has 0 aliphatic carbocycles. The molecule has 0 spiro atoms. The fourth-order valence-electron chi connectivity index (χ4n) is 4.02. The molecule has 1 heterocycles. The van der Waals surface area contributed by atoms with Crippen molar-refractivity contribution in [1.82, 2.24) is 4.90 Å². The maximum atomic E-state index is 13.7. The van der Waals surface area contributed by atoms with Gasteiger partial charge in [0.1, 0.15) is 5.70 Å². The molecule has 0 aromatic heterocycles. The first-order chi connectivity index (χ1) is 15.8. The molecule has 0 unspecified atom stereocenters. The van der Waals surface area contributed by atoms with Gasteiger partial charge in [-0.25, -0.2) is 4.90 Å². The Kier molecular flexibility index (Phi) is 5.79. The molecule has 7 heteroatoms. The first-order valence-corrected chi connectivity index (χ1v) is 10.5. The zero-order valence-electron chi connectivity index (χ0n) is 18.6. The number of nitrogens with zero attached hydrogens (tertiary/aromatic N) is 3. The van der Waals surface area contributed by atoms with Crippen LogP contribution in [0.2, 0.25) is 0 Å². The number of nitro groups is 1. The number of likely N-dealkylation sites (N-methyl/N-ethyl adjacent to an activating group) is 1. The number of imide groups is 1. The van der Waals surface area contributed by atoms with Gasteiger partial charge in [-0.2, -0.15) is 0 Å². The van der Waals surface area contributed by atoms with E-state index < -0.39 is 16.7 Å². The van der Waals surface area contributed by atoms with E-state index in [1.165, 1.54) is 29.2 Å². The second kappa shape index (κ2) is 8.70. The molecule has 7 nitrogen and oxygen atoms in total. The summed E-state index contributed by atoms with van der Waals surface area (Å²) in [6.45, 7) is 4.23. The van der Waals surface area contributed by atoms with Crippen LogP contribution in [0.5, 0.6) is 0 Å². The number of nitro benzene ring substituents is 1. The van der Waals surface area contributed by atoms with E-state index >= 15 is 0 Å². The molecule has 1 aliphatic rings. The smallest absolute Gasteiger partial charge is 0.282 e. The van der Waals surface area contributed by atoms with Gasteiger partial charge in [0.15, 0.2) is 0 Å². The van der Waals surface area contributed by atoms with Crippen molar-refractivity contribution >= 4 is 28.8 Å². The summed E-state index contributed by atoms with van der Waals surface area (Å²) >= 11 is 0. The highest BCUT2D eigenvalue weighted by Gasteiger charge is 2.42. The van der Waals surface area contributed by atoms with E-state index in [-0.39, 0.29) is 17.0 Å². The van der Waals surface area contributed by atoms with Crippen molar-refractivity contribution in [3.8, 4) is 0 Å². The van der Waals surface area contributed by atoms with Crippen LogP contribution >= 0.6 is 0 Å². The second-order valence-electron chi connectivity index (χ2n) is 8.03.